The Morgan fingerprint density at radius 2 is 2.05 bits per heavy atom. The third-order valence-corrected chi connectivity index (χ3v) is 4.38. The zero-order chi connectivity index (χ0) is 14.5. The lowest BCUT2D eigenvalue weighted by molar-refractivity contribution is 0.213. The van der Waals surface area contributed by atoms with E-state index in [1.165, 1.54) is 0 Å². The highest BCUT2D eigenvalue weighted by Gasteiger charge is 2.18. The van der Waals surface area contributed by atoms with Crippen molar-refractivity contribution in [2.45, 2.75) is 25.4 Å². The monoisotopic (exact) mass is 315 g/mol. The summed E-state index contributed by atoms with van der Waals surface area (Å²) in [5.74, 6) is 0. The maximum Gasteiger partial charge on any atom is 0.315 e. The molecule has 1 heterocycles. The molecule has 1 aromatic rings. The van der Waals surface area contributed by atoms with Crippen LogP contribution in [0.25, 0.3) is 0 Å². The summed E-state index contributed by atoms with van der Waals surface area (Å²) in [6, 6.07) is 5.49. The summed E-state index contributed by atoms with van der Waals surface area (Å²) < 4.78 is 0. The number of nitrogens with zero attached hydrogens (tertiary/aromatic N) is 1. The molecule has 1 aliphatic heterocycles. The smallest absolute Gasteiger partial charge is 0.315 e. The van der Waals surface area contributed by atoms with Gasteiger partial charge in [0.15, 0.2) is 0 Å². The number of likely N-dealkylation sites (tertiary alicyclic amines) is 1. The fraction of sp³-hybridized carbons (Fsp3) is 0.500. The molecule has 6 heteroatoms. The van der Waals surface area contributed by atoms with E-state index in [4.69, 9.17) is 23.2 Å². The van der Waals surface area contributed by atoms with Gasteiger partial charge in [-0.25, -0.2) is 4.79 Å². The molecule has 0 aromatic heterocycles. The fourth-order valence-electron chi connectivity index (χ4n) is 2.25. The lowest BCUT2D eigenvalue weighted by atomic mass is 10.1. The average Bonchev–Trinajstić information content (AvgIpc) is 2.43. The first kappa shape index (κ1) is 15.4. The van der Waals surface area contributed by atoms with Crippen molar-refractivity contribution in [3.05, 3.63) is 33.8 Å². The van der Waals surface area contributed by atoms with Crippen molar-refractivity contribution in [3.8, 4) is 0 Å². The van der Waals surface area contributed by atoms with Crippen molar-refractivity contribution in [3.63, 3.8) is 0 Å². The predicted octanol–water partition coefficient (Wildman–Crippen LogP) is 2.89. The van der Waals surface area contributed by atoms with E-state index in [0.717, 1.165) is 31.5 Å². The molecule has 110 valence electrons. The Morgan fingerprint density at radius 3 is 2.75 bits per heavy atom. The largest absolute Gasteiger partial charge is 0.335 e. The molecular weight excluding hydrogens is 297 g/mol. The summed E-state index contributed by atoms with van der Waals surface area (Å²) in [5, 5.41) is 6.81. The first-order valence-electron chi connectivity index (χ1n) is 6.72. The Morgan fingerprint density at radius 1 is 1.35 bits per heavy atom. The van der Waals surface area contributed by atoms with Crippen molar-refractivity contribution in [1.29, 1.82) is 0 Å². The van der Waals surface area contributed by atoms with Gasteiger partial charge >= 0.3 is 6.03 Å². The van der Waals surface area contributed by atoms with Crippen molar-refractivity contribution < 1.29 is 4.79 Å². The molecule has 1 saturated heterocycles. The first-order chi connectivity index (χ1) is 9.56. The SMILES string of the molecule is CN1CCC(NC(=O)NCc2cccc(Cl)c2Cl)CC1. The highest BCUT2D eigenvalue weighted by atomic mass is 35.5. The van der Waals surface area contributed by atoms with Gasteiger partial charge in [0.1, 0.15) is 0 Å². The summed E-state index contributed by atoms with van der Waals surface area (Å²) in [6.45, 7) is 2.41. The number of carbonyl (C=O) groups is 1. The van der Waals surface area contributed by atoms with E-state index in [0.29, 0.717) is 16.6 Å². The second kappa shape index (κ2) is 7.16. The molecule has 0 atom stereocenters. The molecule has 1 fully saturated rings. The van der Waals surface area contributed by atoms with Crippen LogP contribution < -0.4 is 10.6 Å². The van der Waals surface area contributed by atoms with Gasteiger partial charge in [0.05, 0.1) is 10.0 Å². The van der Waals surface area contributed by atoms with Crippen LogP contribution in [0.15, 0.2) is 18.2 Å². The molecule has 20 heavy (non-hydrogen) atoms. The summed E-state index contributed by atoms with van der Waals surface area (Å²) in [6.07, 6.45) is 1.98. The Kier molecular flexibility index (Phi) is 5.52. The van der Waals surface area contributed by atoms with Crippen LogP contribution in [-0.4, -0.2) is 37.1 Å². The summed E-state index contributed by atoms with van der Waals surface area (Å²) in [4.78, 5) is 14.1. The number of benzene rings is 1. The second-order valence-corrected chi connectivity index (χ2v) is 5.90. The van der Waals surface area contributed by atoms with Gasteiger partial charge < -0.3 is 15.5 Å². The zero-order valence-electron chi connectivity index (χ0n) is 11.5. The quantitative estimate of drug-likeness (QED) is 0.900. The minimum Gasteiger partial charge on any atom is -0.335 e. The van der Waals surface area contributed by atoms with E-state index < -0.39 is 0 Å². The third kappa shape index (κ3) is 4.27. The Balaban J connectivity index is 1.79. The molecule has 2 N–H and O–H groups in total. The summed E-state index contributed by atoms with van der Waals surface area (Å²) >= 11 is 12.0. The minimum atomic E-state index is -0.157. The number of hydrogen-bond acceptors (Lipinski definition) is 2. The van der Waals surface area contributed by atoms with Gasteiger partial charge in [0, 0.05) is 12.6 Å². The van der Waals surface area contributed by atoms with Gasteiger partial charge in [-0.1, -0.05) is 35.3 Å². The van der Waals surface area contributed by atoms with Crippen molar-refractivity contribution >= 4 is 29.2 Å². The highest BCUT2D eigenvalue weighted by molar-refractivity contribution is 6.42. The molecule has 1 aromatic carbocycles. The maximum atomic E-state index is 11.9. The number of nitrogens with one attached hydrogen (secondary N) is 2. The standard InChI is InChI=1S/C14H19Cl2N3O/c1-19-7-5-11(6-8-19)18-14(20)17-9-10-3-2-4-12(15)13(10)16/h2-4,11H,5-9H2,1H3,(H2,17,18,20). The van der Waals surface area contributed by atoms with E-state index in [9.17, 15) is 4.79 Å². The van der Waals surface area contributed by atoms with Crippen LogP contribution in [0.2, 0.25) is 10.0 Å². The highest BCUT2D eigenvalue weighted by Crippen LogP contribution is 2.25. The summed E-state index contributed by atoms with van der Waals surface area (Å²) in [5.41, 5.74) is 0.817. The van der Waals surface area contributed by atoms with E-state index in [-0.39, 0.29) is 12.1 Å². The Labute approximate surface area is 129 Å². The van der Waals surface area contributed by atoms with Crippen LogP contribution in [0.4, 0.5) is 4.79 Å². The second-order valence-electron chi connectivity index (χ2n) is 5.12. The molecule has 2 amide bonds. The molecule has 4 nitrogen and oxygen atoms in total. The minimum absolute atomic E-state index is 0.157. The zero-order valence-corrected chi connectivity index (χ0v) is 13.0. The van der Waals surface area contributed by atoms with Gasteiger partial charge in [-0.05, 0) is 44.6 Å². The van der Waals surface area contributed by atoms with E-state index in [2.05, 4.69) is 22.6 Å². The van der Waals surface area contributed by atoms with Gasteiger partial charge in [-0.3, -0.25) is 0 Å². The van der Waals surface area contributed by atoms with Gasteiger partial charge in [-0.15, -0.1) is 0 Å². The van der Waals surface area contributed by atoms with Crippen LogP contribution in [0.3, 0.4) is 0 Å². The van der Waals surface area contributed by atoms with Crippen molar-refractivity contribution in [2.75, 3.05) is 20.1 Å². The lowest BCUT2D eigenvalue weighted by Crippen LogP contribution is -2.46. The van der Waals surface area contributed by atoms with Crippen LogP contribution in [0, 0.1) is 0 Å². The topological polar surface area (TPSA) is 44.4 Å². The van der Waals surface area contributed by atoms with E-state index >= 15 is 0 Å². The first-order valence-corrected chi connectivity index (χ1v) is 7.47. The van der Waals surface area contributed by atoms with E-state index in [1.54, 1.807) is 6.07 Å². The number of urea groups is 1. The fourth-order valence-corrected chi connectivity index (χ4v) is 2.64. The normalized spacial score (nSPS) is 16.9. The Hall–Kier alpha value is -0.970. The number of carbonyl (C=O) groups excluding carboxylic acids is 1. The molecule has 0 bridgehead atoms. The molecular formula is C14H19Cl2N3O. The molecule has 0 saturated carbocycles. The maximum absolute atomic E-state index is 11.9. The number of hydrogen-bond donors (Lipinski definition) is 2. The van der Waals surface area contributed by atoms with Crippen molar-refractivity contribution in [2.24, 2.45) is 0 Å². The third-order valence-electron chi connectivity index (χ3n) is 3.52. The molecule has 0 spiro atoms. The van der Waals surface area contributed by atoms with E-state index in [1.807, 2.05) is 12.1 Å². The number of rotatable bonds is 3. The van der Waals surface area contributed by atoms with Crippen molar-refractivity contribution in [1.82, 2.24) is 15.5 Å². The predicted molar refractivity (Wildman–Crippen MR) is 82.4 cm³/mol. The van der Waals surface area contributed by atoms with Gasteiger partial charge in [-0.2, -0.15) is 0 Å². The molecule has 0 radical (unpaired) electrons. The van der Waals surface area contributed by atoms with Crippen LogP contribution >= 0.6 is 23.2 Å². The molecule has 2 rings (SSSR count). The molecule has 0 unspecified atom stereocenters. The Bertz CT molecular complexity index is 473. The van der Waals surface area contributed by atoms with Crippen LogP contribution in [-0.2, 0) is 6.54 Å². The lowest BCUT2D eigenvalue weighted by Gasteiger charge is -2.29. The number of piperidine rings is 1. The van der Waals surface area contributed by atoms with Gasteiger partial charge in [0.2, 0.25) is 0 Å². The summed E-state index contributed by atoms with van der Waals surface area (Å²) in [7, 11) is 2.09. The average molecular weight is 316 g/mol. The molecule has 1 aliphatic rings. The van der Waals surface area contributed by atoms with Gasteiger partial charge in [0.25, 0.3) is 0 Å². The molecule has 0 aliphatic carbocycles. The van der Waals surface area contributed by atoms with Crippen LogP contribution in [0.5, 0.6) is 0 Å². The number of amides is 2. The number of halogens is 2. The van der Waals surface area contributed by atoms with Crippen LogP contribution in [0.1, 0.15) is 18.4 Å².